The van der Waals surface area contributed by atoms with Crippen molar-refractivity contribution in [1.29, 1.82) is 0 Å². The third-order valence-corrected chi connectivity index (χ3v) is 5.60. The SMILES string of the molecule is O=C(NC(CO)C1CCS(=O)(=O)CC1)OCc1ccccc1. The lowest BCUT2D eigenvalue weighted by Crippen LogP contribution is -2.45. The Bertz CT molecular complexity index is 573. The maximum atomic E-state index is 11.8. The zero-order chi connectivity index (χ0) is 16.0. The van der Waals surface area contributed by atoms with Gasteiger partial charge in [0.1, 0.15) is 16.4 Å². The van der Waals surface area contributed by atoms with Crippen molar-refractivity contribution in [3.8, 4) is 0 Å². The van der Waals surface area contributed by atoms with Crippen molar-refractivity contribution in [2.45, 2.75) is 25.5 Å². The highest BCUT2D eigenvalue weighted by molar-refractivity contribution is 7.91. The van der Waals surface area contributed by atoms with Gasteiger partial charge in [0, 0.05) is 0 Å². The Morgan fingerprint density at radius 2 is 1.91 bits per heavy atom. The van der Waals surface area contributed by atoms with Crippen LogP contribution in [-0.2, 0) is 21.2 Å². The summed E-state index contributed by atoms with van der Waals surface area (Å²) in [6.45, 7) is -0.0744. The zero-order valence-corrected chi connectivity index (χ0v) is 13.1. The molecule has 0 aliphatic carbocycles. The number of benzene rings is 1. The molecule has 2 rings (SSSR count). The van der Waals surface area contributed by atoms with Gasteiger partial charge in [0.15, 0.2) is 0 Å². The standard InChI is InChI=1S/C15H21NO5S/c17-10-14(13-6-8-22(19,20)9-7-13)16-15(18)21-11-12-4-2-1-3-5-12/h1-5,13-14,17H,6-11H2,(H,16,18). The lowest BCUT2D eigenvalue weighted by Gasteiger charge is -2.29. The molecule has 1 amide bonds. The maximum Gasteiger partial charge on any atom is 0.407 e. The Labute approximate surface area is 130 Å². The summed E-state index contributed by atoms with van der Waals surface area (Å²) in [5.41, 5.74) is 0.877. The van der Waals surface area contributed by atoms with Crippen molar-refractivity contribution in [2.24, 2.45) is 5.92 Å². The highest BCUT2D eigenvalue weighted by atomic mass is 32.2. The van der Waals surface area contributed by atoms with E-state index in [4.69, 9.17) is 4.74 Å². The molecule has 1 fully saturated rings. The molecule has 1 aliphatic heterocycles. The minimum Gasteiger partial charge on any atom is -0.445 e. The maximum absolute atomic E-state index is 11.8. The summed E-state index contributed by atoms with van der Waals surface area (Å²) in [6.07, 6.45) is 0.301. The number of aliphatic hydroxyl groups is 1. The van der Waals surface area contributed by atoms with Gasteiger partial charge in [-0.05, 0) is 24.3 Å². The highest BCUT2D eigenvalue weighted by Crippen LogP contribution is 2.22. The highest BCUT2D eigenvalue weighted by Gasteiger charge is 2.30. The minimum absolute atomic E-state index is 0.0437. The molecule has 7 heteroatoms. The van der Waals surface area contributed by atoms with Crippen molar-refractivity contribution in [1.82, 2.24) is 5.32 Å². The first kappa shape index (κ1) is 16.8. The van der Waals surface area contributed by atoms with Crippen LogP contribution in [0.25, 0.3) is 0 Å². The van der Waals surface area contributed by atoms with Crippen LogP contribution in [0.15, 0.2) is 30.3 Å². The Kier molecular flexibility index (Phi) is 5.79. The lowest BCUT2D eigenvalue weighted by atomic mass is 9.94. The molecule has 0 aromatic heterocycles. The summed E-state index contributed by atoms with van der Waals surface area (Å²) in [4.78, 5) is 11.8. The van der Waals surface area contributed by atoms with Crippen LogP contribution >= 0.6 is 0 Å². The van der Waals surface area contributed by atoms with Gasteiger partial charge in [-0.1, -0.05) is 30.3 Å². The van der Waals surface area contributed by atoms with E-state index in [0.29, 0.717) is 12.8 Å². The van der Waals surface area contributed by atoms with Crippen molar-refractivity contribution >= 4 is 15.9 Å². The Balaban J connectivity index is 1.81. The quantitative estimate of drug-likeness (QED) is 0.845. The first-order valence-corrected chi connectivity index (χ1v) is 9.11. The van der Waals surface area contributed by atoms with Crippen LogP contribution in [0.3, 0.4) is 0 Å². The van der Waals surface area contributed by atoms with Crippen LogP contribution in [0.4, 0.5) is 4.79 Å². The third kappa shape index (κ3) is 4.99. The number of hydrogen-bond acceptors (Lipinski definition) is 5. The first-order chi connectivity index (χ1) is 10.5. The fraction of sp³-hybridized carbons (Fsp3) is 0.533. The van der Waals surface area contributed by atoms with Gasteiger partial charge >= 0.3 is 6.09 Å². The van der Waals surface area contributed by atoms with Crippen LogP contribution in [-0.4, -0.2) is 43.8 Å². The molecule has 0 radical (unpaired) electrons. The van der Waals surface area contributed by atoms with E-state index in [1.165, 1.54) is 0 Å². The molecule has 1 saturated heterocycles. The minimum atomic E-state index is -2.96. The second kappa shape index (κ2) is 7.60. The van der Waals surface area contributed by atoms with E-state index >= 15 is 0 Å². The second-order valence-electron chi connectivity index (χ2n) is 5.48. The van der Waals surface area contributed by atoms with Gasteiger partial charge in [-0.15, -0.1) is 0 Å². The van der Waals surface area contributed by atoms with Crippen molar-refractivity contribution < 1.29 is 23.1 Å². The topological polar surface area (TPSA) is 92.7 Å². The van der Waals surface area contributed by atoms with Gasteiger partial charge in [-0.25, -0.2) is 13.2 Å². The van der Waals surface area contributed by atoms with E-state index in [2.05, 4.69) is 5.32 Å². The molecular formula is C15H21NO5S. The number of carbonyl (C=O) groups excluding carboxylic acids is 1. The summed E-state index contributed by atoms with van der Waals surface area (Å²) in [6, 6.07) is 8.82. The Morgan fingerprint density at radius 3 is 2.50 bits per heavy atom. The number of ether oxygens (including phenoxy) is 1. The Morgan fingerprint density at radius 1 is 1.27 bits per heavy atom. The largest absolute Gasteiger partial charge is 0.445 e. The van der Waals surface area contributed by atoms with E-state index < -0.39 is 22.0 Å². The van der Waals surface area contributed by atoms with Gasteiger partial charge in [-0.2, -0.15) is 0 Å². The van der Waals surface area contributed by atoms with E-state index in [1.54, 1.807) is 0 Å². The average Bonchev–Trinajstić information content (AvgIpc) is 2.52. The monoisotopic (exact) mass is 327 g/mol. The van der Waals surface area contributed by atoms with Gasteiger partial charge in [0.2, 0.25) is 0 Å². The Hall–Kier alpha value is -1.60. The molecule has 1 aliphatic rings. The summed E-state index contributed by atoms with van der Waals surface area (Å²) in [7, 11) is -2.96. The summed E-state index contributed by atoms with van der Waals surface area (Å²) in [5, 5.41) is 12.1. The summed E-state index contributed by atoms with van der Waals surface area (Å²) < 4.78 is 27.9. The van der Waals surface area contributed by atoms with Gasteiger partial charge in [-0.3, -0.25) is 0 Å². The van der Waals surface area contributed by atoms with Crippen LogP contribution in [0.1, 0.15) is 18.4 Å². The molecular weight excluding hydrogens is 306 g/mol. The number of carbonyl (C=O) groups is 1. The third-order valence-electron chi connectivity index (χ3n) is 3.88. The molecule has 0 saturated carbocycles. The number of nitrogens with one attached hydrogen (secondary N) is 1. The number of alkyl carbamates (subject to hydrolysis) is 1. The van der Waals surface area contributed by atoms with E-state index in [1.807, 2.05) is 30.3 Å². The molecule has 6 nitrogen and oxygen atoms in total. The predicted octanol–water partition coefficient (Wildman–Crippen LogP) is 1.10. The van der Waals surface area contributed by atoms with E-state index in [0.717, 1.165) is 5.56 Å². The smallest absolute Gasteiger partial charge is 0.407 e. The fourth-order valence-corrected chi connectivity index (χ4v) is 4.07. The molecule has 22 heavy (non-hydrogen) atoms. The van der Waals surface area contributed by atoms with Crippen LogP contribution in [0.2, 0.25) is 0 Å². The number of amides is 1. The number of hydrogen-bond donors (Lipinski definition) is 2. The molecule has 0 spiro atoms. The first-order valence-electron chi connectivity index (χ1n) is 7.28. The number of aliphatic hydroxyl groups excluding tert-OH is 1. The van der Waals surface area contributed by atoms with Crippen LogP contribution in [0.5, 0.6) is 0 Å². The van der Waals surface area contributed by atoms with Crippen LogP contribution < -0.4 is 5.32 Å². The molecule has 1 atom stereocenters. The molecule has 1 heterocycles. The van der Waals surface area contributed by atoms with Crippen molar-refractivity contribution in [2.75, 3.05) is 18.1 Å². The summed E-state index contributed by atoms with van der Waals surface area (Å²) in [5.74, 6) is 0.168. The lowest BCUT2D eigenvalue weighted by molar-refractivity contribution is 0.119. The van der Waals surface area contributed by atoms with E-state index in [9.17, 15) is 18.3 Å². The number of rotatable bonds is 5. The molecule has 0 bridgehead atoms. The van der Waals surface area contributed by atoms with E-state index in [-0.39, 0.29) is 30.6 Å². The fourth-order valence-electron chi connectivity index (χ4n) is 2.54. The summed E-state index contributed by atoms with van der Waals surface area (Å²) >= 11 is 0. The molecule has 1 aromatic rings. The molecule has 122 valence electrons. The van der Waals surface area contributed by atoms with Crippen molar-refractivity contribution in [3.63, 3.8) is 0 Å². The van der Waals surface area contributed by atoms with Crippen molar-refractivity contribution in [3.05, 3.63) is 35.9 Å². The normalized spacial score (nSPS) is 19.3. The number of sulfone groups is 1. The van der Waals surface area contributed by atoms with Gasteiger partial charge < -0.3 is 15.2 Å². The van der Waals surface area contributed by atoms with Crippen LogP contribution in [0, 0.1) is 5.92 Å². The molecule has 1 aromatic carbocycles. The zero-order valence-electron chi connectivity index (χ0n) is 12.3. The molecule has 2 N–H and O–H groups in total. The predicted molar refractivity (Wildman–Crippen MR) is 82.0 cm³/mol. The van der Waals surface area contributed by atoms with Gasteiger partial charge in [0.25, 0.3) is 0 Å². The second-order valence-corrected chi connectivity index (χ2v) is 7.79. The van der Waals surface area contributed by atoms with Gasteiger partial charge in [0.05, 0.1) is 24.2 Å². The molecule has 1 unspecified atom stereocenters. The average molecular weight is 327 g/mol.